The summed E-state index contributed by atoms with van der Waals surface area (Å²) in [5, 5.41) is 20.6. The zero-order valence-corrected chi connectivity index (χ0v) is 15.7. The molecule has 1 aromatic rings. The van der Waals surface area contributed by atoms with E-state index < -0.39 is 0 Å². The Morgan fingerprint density at radius 1 is 1.00 bits per heavy atom. The van der Waals surface area contributed by atoms with Gasteiger partial charge in [-0.05, 0) is 46.1 Å². The minimum absolute atomic E-state index is 0.328. The van der Waals surface area contributed by atoms with Crippen molar-refractivity contribution in [1.82, 2.24) is 4.90 Å². The molecule has 140 valence electrons. The zero-order chi connectivity index (χ0) is 18.8. The third-order valence-corrected chi connectivity index (χ3v) is 3.96. The van der Waals surface area contributed by atoms with E-state index in [0.717, 1.165) is 18.9 Å². The summed E-state index contributed by atoms with van der Waals surface area (Å²) in [6, 6.07) is 8.48. The Hall–Kier alpha value is -1.20. The molecule has 0 radical (unpaired) electrons. The van der Waals surface area contributed by atoms with Gasteiger partial charge in [-0.3, -0.25) is 10.5 Å². The maximum Gasteiger partial charge on any atom is 0.0443 e. The lowest BCUT2D eigenvalue weighted by Crippen LogP contribution is -2.26. The smallest absolute Gasteiger partial charge is 0.0443 e. The number of aryl methyl sites for hydroxylation is 2. The molecule has 1 fully saturated rings. The highest BCUT2D eigenvalue weighted by Crippen LogP contribution is 2.24. The molecular weight excluding hydrogens is 302 g/mol. The van der Waals surface area contributed by atoms with Crippen molar-refractivity contribution < 1.29 is 15.6 Å². The fourth-order valence-electron chi connectivity index (χ4n) is 2.70. The van der Waals surface area contributed by atoms with Crippen molar-refractivity contribution in [3.8, 4) is 0 Å². The number of aliphatic hydroxyl groups is 1. The van der Waals surface area contributed by atoms with Gasteiger partial charge in [-0.2, -0.15) is 0 Å². The van der Waals surface area contributed by atoms with Crippen molar-refractivity contribution in [3.05, 3.63) is 48.6 Å². The van der Waals surface area contributed by atoms with Crippen LogP contribution in [0.2, 0.25) is 0 Å². The SMILES string of the molecule is C=C.CN(CCCO)CC1CCCC1.Cc1ccc(C)cc1.OO. The number of benzene rings is 1. The normalized spacial score (nSPS) is 13.1. The van der Waals surface area contributed by atoms with E-state index in [2.05, 4.69) is 63.2 Å². The Kier molecular flexibility index (Phi) is 18.9. The molecule has 0 spiro atoms. The second-order valence-electron chi connectivity index (χ2n) is 6.14. The average molecular weight is 340 g/mol. The average Bonchev–Trinajstić information content (AvgIpc) is 3.13. The maximum absolute atomic E-state index is 8.65. The molecule has 1 saturated carbocycles. The highest BCUT2D eigenvalue weighted by atomic mass is 17.0. The van der Waals surface area contributed by atoms with E-state index in [1.54, 1.807) is 0 Å². The molecule has 0 heterocycles. The zero-order valence-electron chi connectivity index (χ0n) is 15.7. The second kappa shape index (κ2) is 18.1. The first kappa shape index (κ1) is 25.0. The first-order valence-corrected chi connectivity index (χ1v) is 8.64. The summed E-state index contributed by atoms with van der Waals surface area (Å²) in [5.74, 6) is 0.939. The first-order valence-electron chi connectivity index (χ1n) is 8.64. The highest BCUT2D eigenvalue weighted by Gasteiger charge is 2.16. The monoisotopic (exact) mass is 339 g/mol. The van der Waals surface area contributed by atoms with Gasteiger partial charge in [0.2, 0.25) is 0 Å². The molecule has 0 bridgehead atoms. The molecule has 0 saturated heterocycles. The van der Waals surface area contributed by atoms with Crippen molar-refractivity contribution >= 4 is 0 Å². The molecule has 24 heavy (non-hydrogen) atoms. The van der Waals surface area contributed by atoms with E-state index in [0.29, 0.717) is 6.61 Å². The van der Waals surface area contributed by atoms with Crippen LogP contribution in [0.3, 0.4) is 0 Å². The van der Waals surface area contributed by atoms with Crippen LogP contribution in [0.5, 0.6) is 0 Å². The summed E-state index contributed by atoms with van der Waals surface area (Å²) in [4.78, 5) is 2.35. The summed E-state index contributed by atoms with van der Waals surface area (Å²) in [5.41, 5.74) is 2.66. The van der Waals surface area contributed by atoms with Crippen molar-refractivity contribution in [2.75, 3.05) is 26.7 Å². The second-order valence-corrected chi connectivity index (χ2v) is 6.14. The third-order valence-electron chi connectivity index (χ3n) is 3.96. The molecule has 0 amide bonds. The molecule has 1 aromatic carbocycles. The van der Waals surface area contributed by atoms with Crippen molar-refractivity contribution in [2.24, 2.45) is 5.92 Å². The largest absolute Gasteiger partial charge is 0.396 e. The number of nitrogens with zero attached hydrogens (tertiary/aromatic N) is 1. The molecule has 4 nitrogen and oxygen atoms in total. The van der Waals surface area contributed by atoms with E-state index >= 15 is 0 Å². The Labute approximate surface area is 148 Å². The Morgan fingerprint density at radius 3 is 1.79 bits per heavy atom. The van der Waals surface area contributed by atoms with Gasteiger partial charge in [0, 0.05) is 19.7 Å². The number of hydrogen-bond donors (Lipinski definition) is 3. The summed E-state index contributed by atoms with van der Waals surface area (Å²) in [6.07, 6.45) is 6.62. The van der Waals surface area contributed by atoms with Gasteiger partial charge >= 0.3 is 0 Å². The molecule has 3 N–H and O–H groups in total. The third kappa shape index (κ3) is 14.4. The van der Waals surface area contributed by atoms with E-state index in [-0.39, 0.29) is 0 Å². The molecule has 1 aliphatic carbocycles. The molecule has 2 rings (SSSR count). The van der Waals surface area contributed by atoms with Crippen LogP contribution in [0.4, 0.5) is 0 Å². The number of hydrogen-bond acceptors (Lipinski definition) is 4. The summed E-state index contributed by atoms with van der Waals surface area (Å²) in [6.45, 7) is 12.8. The van der Waals surface area contributed by atoms with Crippen LogP contribution in [0, 0.1) is 19.8 Å². The van der Waals surface area contributed by atoms with E-state index in [1.807, 2.05) is 0 Å². The van der Waals surface area contributed by atoms with Crippen LogP contribution < -0.4 is 0 Å². The fraction of sp³-hybridized carbons (Fsp3) is 0.600. The van der Waals surface area contributed by atoms with E-state index in [4.69, 9.17) is 15.6 Å². The predicted molar refractivity (Wildman–Crippen MR) is 104 cm³/mol. The maximum atomic E-state index is 8.65. The van der Waals surface area contributed by atoms with Crippen LogP contribution in [0.1, 0.15) is 43.2 Å². The molecule has 0 aliphatic heterocycles. The predicted octanol–water partition coefficient (Wildman–Crippen LogP) is 4.61. The van der Waals surface area contributed by atoms with Gasteiger partial charge in [0.05, 0.1) is 0 Å². The number of rotatable bonds is 5. The molecule has 4 heteroatoms. The fourth-order valence-corrected chi connectivity index (χ4v) is 2.70. The van der Waals surface area contributed by atoms with Crippen molar-refractivity contribution in [3.63, 3.8) is 0 Å². The summed E-state index contributed by atoms with van der Waals surface area (Å²) < 4.78 is 0. The van der Waals surface area contributed by atoms with Crippen LogP contribution >= 0.6 is 0 Å². The molecule has 1 aliphatic rings. The first-order chi connectivity index (χ1) is 11.6. The minimum atomic E-state index is 0.328. The Morgan fingerprint density at radius 2 is 1.42 bits per heavy atom. The van der Waals surface area contributed by atoms with Crippen LogP contribution in [-0.2, 0) is 0 Å². The Balaban J connectivity index is 0. The standard InChI is InChI=1S/C10H21NO.C8H10.C2H4.H2O2/c1-11(7-4-8-12)9-10-5-2-3-6-10;1-7-3-5-8(2)6-4-7;2*1-2/h10,12H,2-9H2,1H3;3-6H,1-2H3;1-2H2;1-2H. The number of aliphatic hydroxyl groups excluding tert-OH is 1. The van der Waals surface area contributed by atoms with Gasteiger partial charge in [0.1, 0.15) is 0 Å². The summed E-state index contributed by atoms with van der Waals surface area (Å²) >= 11 is 0. The van der Waals surface area contributed by atoms with Gasteiger partial charge in [-0.15, -0.1) is 13.2 Å². The lowest BCUT2D eigenvalue weighted by atomic mass is 10.1. The van der Waals surface area contributed by atoms with Crippen molar-refractivity contribution in [2.45, 2.75) is 46.0 Å². The van der Waals surface area contributed by atoms with E-state index in [1.165, 1.54) is 43.4 Å². The quantitative estimate of drug-likeness (QED) is 0.416. The molecule has 0 unspecified atom stereocenters. The lowest BCUT2D eigenvalue weighted by Gasteiger charge is -2.19. The van der Waals surface area contributed by atoms with Gasteiger partial charge in [0.15, 0.2) is 0 Å². The van der Waals surface area contributed by atoms with Gasteiger partial charge in [-0.1, -0.05) is 48.2 Å². The lowest BCUT2D eigenvalue weighted by molar-refractivity contribution is -0.176. The minimum Gasteiger partial charge on any atom is -0.396 e. The van der Waals surface area contributed by atoms with Gasteiger partial charge in [-0.25, -0.2) is 0 Å². The van der Waals surface area contributed by atoms with E-state index in [9.17, 15) is 0 Å². The topological polar surface area (TPSA) is 63.9 Å². The molecule has 0 aromatic heterocycles. The van der Waals surface area contributed by atoms with Crippen molar-refractivity contribution in [1.29, 1.82) is 0 Å². The Bertz CT molecular complexity index is 341. The van der Waals surface area contributed by atoms with Crippen LogP contribution in [0.15, 0.2) is 37.4 Å². The van der Waals surface area contributed by atoms with Crippen LogP contribution in [0.25, 0.3) is 0 Å². The van der Waals surface area contributed by atoms with Crippen LogP contribution in [-0.4, -0.2) is 47.3 Å². The molecule has 0 atom stereocenters. The summed E-state index contributed by atoms with van der Waals surface area (Å²) in [7, 11) is 2.16. The highest BCUT2D eigenvalue weighted by molar-refractivity contribution is 5.19. The van der Waals surface area contributed by atoms with Gasteiger partial charge in [0.25, 0.3) is 0 Å². The van der Waals surface area contributed by atoms with Gasteiger partial charge < -0.3 is 10.0 Å². The molecular formula is C20H37NO3.